The van der Waals surface area contributed by atoms with E-state index >= 15 is 0 Å². The number of carbonyl (C=O) groups excluding carboxylic acids is 3. The van der Waals surface area contributed by atoms with Crippen molar-refractivity contribution in [3.05, 3.63) is 11.1 Å². The largest absolute Gasteiger partial charge is 0.465 e. The van der Waals surface area contributed by atoms with Crippen LogP contribution in [0.3, 0.4) is 0 Å². The third-order valence-corrected chi connectivity index (χ3v) is 13.4. The first-order chi connectivity index (χ1) is 18.0. The van der Waals surface area contributed by atoms with Gasteiger partial charge in [-0.15, -0.1) is 0 Å². The molecule has 5 nitrogen and oxygen atoms in total. The van der Waals surface area contributed by atoms with Crippen LogP contribution in [0.5, 0.6) is 0 Å². The number of hydrogen-bond acceptors (Lipinski definition) is 5. The van der Waals surface area contributed by atoms with E-state index in [-0.39, 0.29) is 56.8 Å². The summed E-state index contributed by atoms with van der Waals surface area (Å²) in [5.74, 6) is 1.51. The fourth-order valence-corrected chi connectivity index (χ4v) is 11.5. The molecule has 0 radical (unpaired) electrons. The standard InChI is InChI=1S/C34H52O5/c1-20(2)28-24(37)18-34(19-38-21(3)35)17-16-31(7)23(29(28)34)12-14-33(9)26(31)11-10-25-30(5,6)27(39-22(4)36)13-15-32(25,33)8/h20,23,25-27H,10-19H2,1-9H3. The van der Waals surface area contributed by atoms with E-state index in [1.54, 1.807) is 6.92 Å². The molecular formula is C34H52O5. The van der Waals surface area contributed by atoms with Crippen molar-refractivity contribution >= 4 is 17.7 Å². The van der Waals surface area contributed by atoms with Crippen LogP contribution in [0, 0.1) is 50.7 Å². The van der Waals surface area contributed by atoms with Crippen molar-refractivity contribution in [1.82, 2.24) is 0 Å². The number of hydrogen-bond donors (Lipinski definition) is 0. The van der Waals surface area contributed by atoms with Crippen LogP contribution in [0.4, 0.5) is 0 Å². The lowest BCUT2D eigenvalue weighted by Gasteiger charge is -2.72. The number of carbonyl (C=O) groups is 3. The first-order valence-corrected chi connectivity index (χ1v) is 15.6. The van der Waals surface area contributed by atoms with Crippen molar-refractivity contribution in [2.24, 2.45) is 50.7 Å². The van der Waals surface area contributed by atoms with Gasteiger partial charge in [0.1, 0.15) is 12.7 Å². The van der Waals surface area contributed by atoms with Gasteiger partial charge in [-0.25, -0.2) is 0 Å². The number of esters is 2. The molecule has 8 unspecified atom stereocenters. The second kappa shape index (κ2) is 9.18. The third kappa shape index (κ3) is 3.94. The Hall–Kier alpha value is -1.65. The Kier molecular flexibility index (Phi) is 6.79. The van der Waals surface area contributed by atoms with Gasteiger partial charge in [-0.05, 0) is 102 Å². The summed E-state index contributed by atoms with van der Waals surface area (Å²) >= 11 is 0. The van der Waals surface area contributed by atoms with Crippen molar-refractivity contribution in [3.8, 4) is 0 Å². The van der Waals surface area contributed by atoms with Gasteiger partial charge < -0.3 is 9.47 Å². The molecule has 218 valence electrons. The van der Waals surface area contributed by atoms with Gasteiger partial charge in [0.25, 0.3) is 0 Å². The molecule has 8 atom stereocenters. The molecule has 0 aromatic rings. The fourth-order valence-electron chi connectivity index (χ4n) is 11.5. The molecule has 5 heteroatoms. The normalized spacial score (nSPS) is 44.7. The molecule has 4 fully saturated rings. The predicted octanol–water partition coefficient (Wildman–Crippen LogP) is 7.46. The number of fused-ring (bicyclic) bond motifs is 7. The summed E-state index contributed by atoms with van der Waals surface area (Å²) in [6, 6.07) is 0. The molecule has 0 aromatic heterocycles. The molecule has 0 aliphatic heterocycles. The van der Waals surface area contributed by atoms with E-state index in [9.17, 15) is 14.4 Å². The summed E-state index contributed by atoms with van der Waals surface area (Å²) in [7, 11) is 0. The van der Waals surface area contributed by atoms with E-state index in [1.165, 1.54) is 18.9 Å². The topological polar surface area (TPSA) is 69.7 Å². The number of ether oxygens (including phenoxy) is 2. The van der Waals surface area contributed by atoms with Gasteiger partial charge in [0.15, 0.2) is 5.78 Å². The van der Waals surface area contributed by atoms with Crippen molar-refractivity contribution in [1.29, 1.82) is 0 Å². The summed E-state index contributed by atoms with van der Waals surface area (Å²) in [6.45, 7) is 20.1. The molecule has 39 heavy (non-hydrogen) atoms. The Labute approximate surface area is 236 Å². The van der Waals surface area contributed by atoms with Crippen LogP contribution >= 0.6 is 0 Å². The molecule has 0 saturated heterocycles. The van der Waals surface area contributed by atoms with Crippen LogP contribution in [0.1, 0.15) is 120 Å². The zero-order valence-electron chi connectivity index (χ0n) is 26.0. The number of allylic oxidation sites excluding steroid dienone is 1. The molecule has 0 N–H and O–H groups in total. The SMILES string of the molecule is CC(=O)OCC12CCC3(C)C(CCC4(C)C3CCC3C(C)(C)C(OC(C)=O)CCC34C)C1=C(C(C)C)C(=O)C2. The zero-order valence-corrected chi connectivity index (χ0v) is 26.0. The molecular weight excluding hydrogens is 488 g/mol. The number of Topliss-reactive ketones (excluding diaryl/α,β-unsaturated/α-hetero) is 1. The summed E-state index contributed by atoms with van der Waals surface area (Å²) in [6.07, 6.45) is 9.15. The van der Waals surface area contributed by atoms with Crippen LogP contribution in [0.2, 0.25) is 0 Å². The molecule has 5 rings (SSSR count). The van der Waals surface area contributed by atoms with E-state index in [4.69, 9.17) is 9.47 Å². The smallest absolute Gasteiger partial charge is 0.302 e. The van der Waals surface area contributed by atoms with Crippen LogP contribution < -0.4 is 0 Å². The summed E-state index contributed by atoms with van der Waals surface area (Å²) in [5.41, 5.74) is 2.54. The van der Waals surface area contributed by atoms with Crippen molar-refractivity contribution in [2.45, 2.75) is 126 Å². The maximum atomic E-state index is 13.5. The van der Waals surface area contributed by atoms with E-state index in [0.29, 0.717) is 30.8 Å². The fraction of sp³-hybridized carbons (Fsp3) is 0.853. The first kappa shape index (κ1) is 28.9. The van der Waals surface area contributed by atoms with E-state index in [0.717, 1.165) is 50.5 Å². The highest BCUT2D eigenvalue weighted by Crippen LogP contribution is 2.76. The molecule has 5 aliphatic carbocycles. The van der Waals surface area contributed by atoms with Gasteiger partial charge in [-0.1, -0.05) is 48.5 Å². The van der Waals surface area contributed by atoms with Gasteiger partial charge in [0, 0.05) is 31.1 Å². The lowest BCUT2D eigenvalue weighted by Crippen LogP contribution is -2.66. The Morgan fingerprint density at radius 1 is 0.846 bits per heavy atom. The molecule has 5 aliphatic rings. The van der Waals surface area contributed by atoms with Gasteiger partial charge in [0.05, 0.1) is 0 Å². The monoisotopic (exact) mass is 540 g/mol. The lowest BCUT2D eigenvalue weighted by molar-refractivity contribution is -0.238. The molecule has 0 spiro atoms. The zero-order chi connectivity index (χ0) is 28.8. The Bertz CT molecular complexity index is 1100. The van der Waals surface area contributed by atoms with Crippen LogP contribution in [-0.2, 0) is 23.9 Å². The van der Waals surface area contributed by atoms with Crippen LogP contribution in [0.15, 0.2) is 11.1 Å². The van der Waals surface area contributed by atoms with Crippen LogP contribution in [-0.4, -0.2) is 30.4 Å². The quantitative estimate of drug-likeness (QED) is 0.346. The van der Waals surface area contributed by atoms with Crippen molar-refractivity contribution in [2.75, 3.05) is 6.61 Å². The number of rotatable bonds is 4. The predicted molar refractivity (Wildman–Crippen MR) is 152 cm³/mol. The Morgan fingerprint density at radius 3 is 2.08 bits per heavy atom. The molecule has 0 aromatic carbocycles. The van der Waals surface area contributed by atoms with E-state index in [1.807, 2.05) is 0 Å². The third-order valence-electron chi connectivity index (χ3n) is 13.4. The minimum atomic E-state index is -0.314. The summed E-state index contributed by atoms with van der Waals surface area (Å²) < 4.78 is 11.6. The number of ketones is 1. The molecule has 0 bridgehead atoms. The average molecular weight is 541 g/mol. The van der Waals surface area contributed by atoms with E-state index < -0.39 is 0 Å². The second-order valence-electron chi connectivity index (χ2n) is 15.7. The van der Waals surface area contributed by atoms with Gasteiger partial charge in [-0.3, -0.25) is 14.4 Å². The van der Waals surface area contributed by atoms with Gasteiger partial charge in [-0.2, -0.15) is 0 Å². The lowest BCUT2D eigenvalue weighted by atomic mass is 9.33. The highest BCUT2D eigenvalue weighted by molar-refractivity contribution is 6.00. The Morgan fingerprint density at radius 2 is 1.46 bits per heavy atom. The van der Waals surface area contributed by atoms with Crippen LogP contribution in [0.25, 0.3) is 0 Å². The maximum Gasteiger partial charge on any atom is 0.302 e. The molecule has 4 saturated carbocycles. The van der Waals surface area contributed by atoms with Gasteiger partial charge in [0.2, 0.25) is 0 Å². The van der Waals surface area contributed by atoms with Crippen molar-refractivity contribution in [3.63, 3.8) is 0 Å². The average Bonchev–Trinajstić information content (AvgIpc) is 3.12. The molecule has 0 amide bonds. The van der Waals surface area contributed by atoms with Gasteiger partial charge >= 0.3 is 11.9 Å². The summed E-state index contributed by atoms with van der Waals surface area (Å²) in [5, 5.41) is 0. The second-order valence-corrected chi connectivity index (χ2v) is 15.7. The molecule has 0 heterocycles. The minimum Gasteiger partial charge on any atom is -0.465 e. The first-order valence-electron chi connectivity index (χ1n) is 15.6. The Balaban J connectivity index is 1.54. The minimum absolute atomic E-state index is 0.0139. The highest BCUT2D eigenvalue weighted by Gasteiger charge is 2.70. The van der Waals surface area contributed by atoms with Crippen molar-refractivity contribution < 1.29 is 23.9 Å². The maximum absolute atomic E-state index is 13.5. The van der Waals surface area contributed by atoms with E-state index in [2.05, 4.69) is 48.5 Å². The summed E-state index contributed by atoms with van der Waals surface area (Å²) in [4.78, 5) is 37.4. The highest BCUT2D eigenvalue weighted by atomic mass is 16.5.